The van der Waals surface area contributed by atoms with E-state index in [1.54, 1.807) is 0 Å². The van der Waals surface area contributed by atoms with Crippen molar-refractivity contribution < 1.29 is 15.0 Å². The summed E-state index contributed by atoms with van der Waals surface area (Å²) in [5.41, 5.74) is 7.28. The zero-order valence-corrected chi connectivity index (χ0v) is 9.41. The van der Waals surface area contributed by atoms with E-state index in [-0.39, 0.29) is 0 Å². The van der Waals surface area contributed by atoms with Gasteiger partial charge in [0.1, 0.15) is 12.2 Å². The molecule has 1 fully saturated rings. The van der Waals surface area contributed by atoms with Gasteiger partial charge in [-0.2, -0.15) is 0 Å². The number of hydrogen-bond donors (Lipinski definition) is 3. The Morgan fingerprint density at radius 1 is 1.18 bits per heavy atom. The molecule has 4 nitrogen and oxygen atoms in total. The lowest BCUT2D eigenvalue weighted by molar-refractivity contribution is -0.131. The van der Waals surface area contributed by atoms with E-state index in [4.69, 9.17) is 5.73 Å². The van der Waals surface area contributed by atoms with Crippen molar-refractivity contribution in [1.29, 1.82) is 0 Å². The van der Waals surface area contributed by atoms with Crippen LogP contribution in [-0.4, -0.2) is 28.2 Å². The molecule has 4 N–H and O–H groups in total. The van der Waals surface area contributed by atoms with Gasteiger partial charge in [0.05, 0.1) is 0 Å². The first-order valence-electron chi connectivity index (χ1n) is 5.58. The van der Waals surface area contributed by atoms with Crippen molar-refractivity contribution in [2.45, 2.75) is 24.7 Å². The molecule has 91 valence electrons. The number of Topliss-reactive ketones (excluding diaryl/α,β-unsaturated/α-hetero) is 1. The second kappa shape index (κ2) is 4.56. The molecule has 1 aliphatic rings. The lowest BCUT2D eigenvalue weighted by atomic mass is 9.88. The van der Waals surface area contributed by atoms with Gasteiger partial charge in [0.15, 0.2) is 5.78 Å². The number of hydrogen-bond acceptors (Lipinski definition) is 4. The van der Waals surface area contributed by atoms with Crippen molar-refractivity contribution in [2.24, 2.45) is 11.7 Å². The summed E-state index contributed by atoms with van der Waals surface area (Å²) in [5.74, 6) is -1.50. The molecule has 0 amide bonds. The molecule has 1 aliphatic carbocycles. The van der Waals surface area contributed by atoms with E-state index in [1.807, 2.05) is 24.3 Å². The molecule has 1 aromatic carbocycles. The van der Waals surface area contributed by atoms with Crippen molar-refractivity contribution in [3.05, 3.63) is 42.3 Å². The van der Waals surface area contributed by atoms with Gasteiger partial charge in [0, 0.05) is 18.4 Å². The molecule has 0 aliphatic heterocycles. The lowest BCUT2D eigenvalue weighted by Crippen LogP contribution is -2.24. The van der Waals surface area contributed by atoms with E-state index in [2.05, 4.69) is 6.92 Å². The van der Waals surface area contributed by atoms with Crippen LogP contribution in [0.25, 0.3) is 0 Å². The Morgan fingerprint density at radius 3 is 2.18 bits per heavy atom. The highest BCUT2D eigenvalue weighted by Gasteiger charge is 2.46. The molecule has 1 radical (unpaired) electrons. The topological polar surface area (TPSA) is 83.5 Å². The van der Waals surface area contributed by atoms with E-state index in [1.165, 1.54) is 0 Å². The van der Waals surface area contributed by atoms with Crippen molar-refractivity contribution in [2.75, 3.05) is 0 Å². The van der Waals surface area contributed by atoms with Crippen LogP contribution in [0.3, 0.4) is 0 Å². The molecule has 0 bridgehead atoms. The molecular weight excluding hydrogens is 218 g/mol. The minimum Gasteiger partial charge on any atom is -0.385 e. The van der Waals surface area contributed by atoms with Gasteiger partial charge in [-0.1, -0.05) is 24.3 Å². The largest absolute Gasteiger partial charge is 0.385 e. The number of carbonyl (C=O) groups excluding carboxylic acids is 1. The van der Waals surface area contributed by atoms with Gasteiger partial charge in [-0.25, -0.2) is 0 Å². The molecule has 1 aromatic rings. The van der Waals surface area contributed by atoms with Crippen LogP contribution in [0.1, 0.15) is 17.0 Å². The summed E-state index contributed by atoms with van der Waals surface area (Å²) < 4.78 is 0. The maximum Gasteiger partial charge on any atom is 0.190 e. The monoisotopic (exact) mass is 234 g/mol. The number of rotatable bonds is 2. The maximum atomic E-state index is 11.5. The summed E-state index contributed by atoms with van der Waals surface area (Å²) in [4.78, 5) is 11.5. The quantitative estimate of drug-likeness (QED) is 0.671. The van der Waals surface area contributed by atoms with Gasteiger partial charge in [-0.15, -0.1) is 0 Å². The Bertz CT molecular complexity index is 415. The highest BCUT2D eigenvalue weighted by Crippen LogP contribution is 2.37. The lowest BCUT2D eigenvalue weighted by Gasteiger charge is -2.19. The Morgan fingerprint density at radius 2 is 1.76 bits per heavy atom. The molecule has 0 spiro atoms. The highest BCUT2D eigenvalue weighted by molar-refractivity contribution is 5.91. The van der Waals surface area contributed by atoms with Crippen LogP contribution < -0.4 is 5.73 Å². The van der Waals surface area contributed by atoms with Crippen LogP contribution >= 0.6 is 0 Å². The van der Waals surface area contributed by atoms with Gasteiger partial charge in [0.25, 0.3) is 0 Å². The van der Waals surface area contributed by atoms with E-state index >= 15 is 0 Å². The predicted molar refractivity (Wildman–Crippen MR) is 62.9 cm³/mol. The average molecular weight is 234 g/mol. The zero-order chi connectivity index (χ0) is 12.6. The van der Waals surface area contributed by atoms with Crippen molar-refractivity contribution in [3.8, 4) is 0 Å². The van der Waals surface area contributed by atoms with Crippen LogP contribution in [0, 0.1) is 12.8 Å². The minimum absolute atomic E-state index is 0.440. The summed E-state index contributed by atoms with van der Waals surface area (Å²) in [6, 6.07) is 7.34. The number of aliphatic hydroxyl groups is 2. The third-order valence-electron chi connectivity index (χ3n) is 3.39. The molecule has 1 saturated carbocycles. The molecule has 2 rings (SSSR count). The number of nitrogens with two attached hydrogens (primary N) is 1. The molecule has 0 heterocycles. The first-order chi connectivity index (χ1) is 8.06. The molecule has 17 heavy (non-hydrogen) atoms. The van der Waals surface area contributed by atoms with Gasteiger partial charge >= 0.3 is 0 Å². The van der Waals surface area contributed by atoms with Crippen LogP contribution in [0.4, 0.5) is 0 Å². The third kappa shape index (κ3) is 1.99. The number of benzene rings is 1. The Kier molecular flexibility index (Phi) is 3.28. The van der Waals surface area contributed by atoms with Crippen LogP contribution in [-0.2, 0) is 11.3 Å². The number of carbonyl (C=O) groups is 1. The SMILES string of the molecule is [CH2]C1C(O)C(=O)C(O)C1c1ccc(CN)cc1. The predicted octanol–water partition coefficient (Wildman–Crippen LogP) is -0.0163. The first-order valence-corrected chi connectivity index (χ1v) is 5.58. The van der Waals surface area contributed by atoms with E-state index in [0.29, 0.717) is 6.54 Å². The Labute approximate surface area is 100 Å². The average Bonchev–Trinajstić information content (AvgIpc) is 2.54. The number of ketones is 1. The van der Waals surface area contributed by atoms with Crippen LogP contribution in [0.2, 0.25) is 0 Å². The molecule has 0 aromatic heterocycles. The zero-order valence-electron chi connectivity index (χ0n) is 9.41. The van der Waals surface area contributed by atoms with Crippen LogP contribution in [0.15, 0.2) is 24.3 Å². The smallest absolute Gasteiger partial charge is 0.190 e. The van der Waals surface area contributed by atoms with Gasteiger partial charge < -0.3 is 15.9 Å². The van der Waals surface area contributed by atoms with Crippen molar-refractivity contribution >= 4 is 5.78 Å². The molecule has 0 saturated heterocycles. The minimum atomic E-state index is -1.18. The molecule has 4 unspecified atom stereocenters. The standard InChI is InChI=1S/C13H16NO3/c1-7-10(12(16)13(17)11(7)15)9-4-2-8(6-14)3-5-9/h2-5,7,10-12,15-16H,1,6,14H2. The number of aliphatic hydroxyl groups excluding tert-OH is 2. The normalized spacial score (nSPS) is 33.1. The van der Waals surface area contributed by atoms with Crippen molar-refractivity contribution in [1.82, 2.24) is 0 Å². The maximum absolute atomic E-state index is 11.5. The summed E-state index contributed by atoms with van der Waals surface area (Å²) in [6.45, 7) is 4.21. The fraction of sp³-hybridized carbons (Fsp3) is 0.385. The summed E-state index contributed by atoms with van der Waals surface area (Å²) in [6.07, 6.45) is -2.35. The van der Waals surface area contributed by atoms with E-state index in [9.17, 15) is 15.0 Å². The van der Waals surface area contributed by atoms with Crippen LogP contribution in [0.5, 0.6) is 0 Å². The van der Waals surface area contributed by atoms with E-state index < -0.39 is 29.8 Å². The fourth-order valence-electron chi connectivity index (χ4n) is 2.30. The summed E-state index contributed by atoms with van der Waals surface area (Å²) >= 11 is 0. The van der Waals surface area contributed by atoms with Gasteiger partial charge in [0.2, 0.25) is 0 Å². The van der Waals surface area contributed by atoms with E-state index in [0.717, 1.165) is 11.1 Å². The summed E-state index contributed by atoms with van der Waals surface area (Å²) in [5, 5.41) is 19.4. The second-order valence-corrected chi connectivity index (χ2v) is 4.43. The second-order valence-electron chi connectivity index (χ2n) is 4.43. The summed E-state index contributed by atoms with van der Waals surface area (Å²) in [7, 11) is 0. The van der Waals surface area contributed by atoms with Gasteiger partial charge in [-0.05, 0) is 18.1 Å². The third-order valence-corrected chi connectivity index (χ3v) is 3.39. The first kappa shape index (κ1) is 12.2. The molecule has 4 heteroatoms. The molecular formula is C13H16NO3. The molecule has 4 atom stereocenters. The Hall–Kier alpha value is -1.23. The highest BCUT2D eigenvalue weighted by atomic mass is 16.3. The fourth-order valence-corrected chi connectivity index (χ4v) is 2.30. The van der Waals surface area contributed by atoms with Crippen molar-refractivity contribution in [3.63, 3.8) is 0 Å². The van der Waals surface area contributed by atoms with Gasteiger partial charge in [-0.3, -0.25) is 4.79 Å². The Balaban J connectivity index is 2.30.